The van der Waals surface area contributed by atoms with Crippen molar-refractivity contribution in [1.82, 2.24) is 5.32 Å². The van der Waals surface area contributed by atoms with Crippen molar-refractivity contribution in [1.29, 1.82) is 0 Å². The first-order valence-corrected chi connectivity index (χ1v) is 7.52. The van der Waals surface area contributed by atoms with Gasteiger partial charge in [-0.05, 0) is 36.3 Å². The largest absolute Gasteiger partial charge is 0.493 e. The summed E-state index contributed by atoms with van der Waals surface area (Å²) in [4.78, 5) is 11.8. The quantitative estimate of drug-likeness (QED) is 0.727. The molecular formula is C18H21NO5. The fourth-order valence-electron chi connectivity index (χ4n) is 2.15. The summed E-state index contributed by atoms with van der Waals surface area (Å²) in [5, 5.41) is 12.6. The van der Waals surface area contributed by atoms with Crippen LogP contribution in [0.15, 0.2) is 47.3 Å². The minimum absolute atomic E-state index is 0.232. The Morgan fingerprint density at radius 3 is 2.75 bits per heavy atom. The highest BCUT2D eigenvalue weighted by Gasteiger charge is 2.08. The molecular weight excluding hydrogens is 310 g/mol. The van der Waals surface area contributed by atoms with Gasteiger partial charge in [0.1, 0.15) is 0 Å². The second kappa shape index (κ2) is 8.79. The van der Waals surface area contributed by atoms with Crippen LogP contribution in [0.25, 0.3) is 6.08 Å². The van der Waals surface area contributed by atoms with Crippen molar-refractivity contribution in [3.8, 4) is 11.5 Å². The lowest BCUT2D eigenvalue weighted by atomic mass is 10.1. The summed E-state index contributed by atoms with van der Waals surface area (Å²) < 4.78 is 15.3. The molecule has 0 radical (unpaired) electrons. The second-order valence-corrected chi connectivity index (χ2v) is 5.10. The van der Waals surface area contributed by atoms with Gasteiger partial charge in [-0.15, -0.1) is 0 Å². The summed E-state index contributed by atoms with van der Waals surface area (Å²) >= 11 is 0. The molecule has 6 nitrogen and oxygen atoms in total. The van der Waals surface area contributed by atoms with E-state index in [4.69, 9.17) is 13.9 Å². The van der Waals surface area contributed by atoms with Gasteiger partial charge in [0.15, 0.2) is 11.5 Å². The maximum atomic E-state index is 11.8. The number of furan rings is 1. The minimum Gasteiger partial charge on any atom is -0.493 e. The van der Waals surface area contributed by atoms with E-state index >= 15 is 0 Å². The molecule has 0 bridgehead atoms. The van der Waals surface area contributed by atoms with Crippen LogP contribution in [-0.4, -0.2) is 31.8 Å². The van der Waals surface area contributed by atoms with E-state index in [-0.39, 0.29) is 5.91 Å². The molecule has 1 atom stereocenters. The van der Waals surface area contributed by atoms with Crippen LogP contribution in [0.1, 0.15) is 23.7 Å². The molecule has 1 amide bonds. The van der Waals surface area contributed by atoms with Crippen LogP contribution in [0, 0.1) is 0 Å². The number of hydrogen-bond acceptors (Lipinski definition) is 5. The van der Waals surface area contributed by atoms with Gasteiger partial charge in [-0.3, -0.25) is 4.79 Å². The van der Waals surface area contributed by atoms with Gasteiger partial charge in [-0.1, -0.05) is 6.07 Å². The molecule has 0 aliphatic rings. The normalized spacial score (nSPS) is 12.1. The lowest BCUT2D eigenvalue weighted by Crippen LogP contribution is -2.23. The Kier molecular flexibility index (Phi) is 6.45. The standard InChI is InChI=1S/C18H21NO5/c1-22-16-5-3-13(11-17(16)23-2)4-6-18(21)19-9-7-15(20)14-8-10-24-12-14/h3-6,8,10-12,15,20H,7,9H2,1-2H3,(H,19,21)/b6-4+. The monoisotopic (exact) mass is 331 g/mol. The van der Waals surface area contributed by atoms with Crippen molar-refractivity contribution in [2.75, 3.05) is 20.8 Å². The van der Waals surface area contributed by atoms with Crippen molar-refractivity contribution in [3.63, 3.8) is 0 Å². The third kappa shape index (κ3) is 4.89. The van der Waals surface area contributed by atoms with Crippen LogP contribution < -0.4 is 14.8 Å². The number of carbonyl (C=O) groups is 1. The Labute approximate surface area is 140 Å². The zero-order valence-corrected chi connectivity index (χ0v) is 13.7. The van der Waals surface area contributed by atoms with Gasteiger partial charge < -0.3 is 24.3 Å². The Morgan fingerprint density at radius 1 is 1.29 bits per heavy atom. The average Bonchev–Trinajstić information content (AvgIpc) is 3.14. The number of rotatable bonds is 8. The van der Waals surface area contributed by atoms with Crippen molar-refractivity contribution in [2.45, 2.75) is 12.5 Å². The summed E-state index contributed by atoms with van der Waals surface area (Å²) in [6.45, 7) is 0.363. The van der Waals surface area contributed by atoms with Gasteiger partial charge in [0.05, 0.1) is 32.8 Å². The molecule has 2 aromatic rings. The number of hydrogen-bond donors (Lipinski definition) is 2. The molecule has 1 unspecified atom stereocenters. The molecule has 1 aromatic heterocycles. The summed E-state index contributed by atoms with van der Waals surface area (Å²) in [6, 6.07) is 7.08. The third-order valence-corrected chi connectivity index (χ3v) is 3.48. The second-order valence-electron chi connectivity index (χ2n) is 5.10. The van der Waals surface area contributed by atoms with Crippen LogP contribution in [0.3, 0.4) is 0 Å². The highest BCUT2D eigenvalue weighted by molar-refractivity contribution is 5.91. The zero-order valence-electron chi connectivity index (χ0n) is 13.7. The van der Waals surface area contributed by atoms with Crippen LogP contribution >= 0.6 is 0 Å². The van der Waals surface area contributed by atoms with E-state index in [1.54, 1.807) is 38.5 Å². The predicted molar refractivity (Wildman–Crippen MR) is 89.9 cm³/mol. The van der Waals surface area contributed by atoms with E-state index in [1.807, 2.05) is 6.07 Å². The molecule has 2 N–H and O–H groups in total. The summed E-state index contributed by atoms with van der Waals surface area (Å²) in [6.07, 6.45) is 5.87. The van der Waals surface area contributed by atoms with Crippen LogP contribution in [-0.2, 0) is 4.79 Å². The average molecular weight is 331 g/mol. The van der Waals surface area contributed by atoms with Crippen molar-refractivity contribution >= 4 is 12.0 Å². The molecule has 0 saturated carbocycles. The molecule has 0 spiro atoms. The molecule has 0 aliphatic carbocycles. The van der Waals surface area contributed by atoms with Gasteiger partial charge >= 0.3 is 0 Å². The molecule has 0 aliphatic heterocycles. The maximum Gasteiger partial charge on any atom is 0.244 e. The van der Waals surface area contributed by atoms with Gasteiger partial charge in [-0.25, -0.2) is 0 Å². The molecule has 6 heteroatoms. The summed E-state index contributed by atoms with van der Waals surface area (Å²) in [5.41, 5.74) is 1.52. The third-order valence-electron chi connectivity index (χ3n) is 3.48. The molecule has 0 saturated heterocycles. The number of carbonyl (C=O) groups excluding carboxylic acids is 1. The molecule has 24 heavy (non-hydrogen) atoms. The van der Waals surface area contributed by atoms with E-state index in [0.29, 0.717) is 30.0 Å². The molecule has 2 rings (SSSR count). The first-order chi connectivity index (χ1) is 11.6. The van der Waals surface area contributed by atoms with E-state index in [0.717, 1.165) is 5.56 Å². The lowest BCUT2D eigenvalue weighted by molar-refractivity contribution is -0.116. The fourth-order valence-corrected chi connectivity index (χ4v) is 2.15. The number of aliphatic hydroxyl groups excluding tert-OH is 1. The predicted octanol–water partition coefficient (Wildman–Crippen LogP) is 2.55. The topological polar surface area (TPSA) is 80.9 Å². The SMILES string of the molecule is COc1ccc(/C=C/C(=O)NCCC(O)c2ccoc2)cc1OC. The number of amides is 1. The van der Waals surface area contributed by atoms with Crippen LogP contribution in [0.2, 0.25) is 0 Å². The van der Waals surface area contributed by atoms with Gasteiger partial charge in [0, 0.05) is 18.2 Å². The van der Waals surface area contributed by atoms with E-state index < -0.39 is 6.10 Å². The number of methoxy groups -OCH3 is 2. The molecule has 1 aromatic carbocycles. The van der Waals surface area contributed by atoms with E-state index in [2.05, 4.69) is 5.32 Å². The van der Waals surface area contributed by atoms with Gasteiger partial charge in [0.25, 0.3) is 0 Å². The summed E-state index contributed by atoms with van der Waals surface area (Å²) in [7, 11) is 3.13. The highest BCUT2D eigenvalue weighted by Crippen LogP contribution is 2.27. The number of ether oxygens (including phenoxy) is 2. The lowest BCUT2D eigenvalue weighted by Gasteiger charge is -2.08. The Balaban J connectivity index is 1.82. The van der Waals surface area contributed by atoms with Gasteiger partial charge in [-0.2, -0.15) is 0 Å². The minimum atomic E-state index is -0.654. The molecule has 1 heterocycles. The smallest absolute Gasteiger partial charge is 0.244 e. The number of benzene rings is 1. The van der Waals surface area contributed by atoms with E-state index in [1.165, 1.54) is 18.6 Å². The Morgan fingerprint density at radius 2 is 2.08 bits per heavy atom. The molecule has 0 fully saturated rings. The maximum absolute atomic E-state index is 11.8. The first kappa shape index (κ1) is 17.6. The number of nitrogens with one attached hydrogen (secondary N) is 1. The van der Waals surface area contributed by atoms with Crippen molar-refractivity contribution in [2.24, 2.45) is 0 Å². The Bertz CT molecular complexity index is 679. The van der Waals surface area contributed by atoms with Crippen LogP contribution in [0.5, 0.6) is 11.5 Å². The highest BCUT2D eigenvalue weighted by atomic mass is 16.5. The number of aliphatic hydroxyl groups is 1. The fraction of sp³-hybridized carbons (Fsp3) is 0.278. The Hall–Kier alpha value is -2.73. The zero-order chi connectivity index (χ0) is 17.4. The van der Waals surface area contributed by atoms with Gasteiger partial charge in [0.2, 0.25) is 5.91 Å². The van der Waals surface area contributed by atoms with Crippen molar-refractivity contribution < 1.29 is 23.8 Å². The molecule has 128 valence electrons. The van der Waals surface area contributed by atoms with Crippen LogP contribution in [0.4, 0.5) is 0 Å². The summed E-state index contributed by atoms with van der Waals surface area (Å²) in [5.74, 6) is 1.000. The van der Waals surface area contributed by atoms with Crippen molar-refractivity contribution in [3.05, 3.63) is 54.0 Å². The first-order valence-electron chi connectivity index (χ1n) is 7.52. The van der Waals surface area contributed by atoms with E-state index in [9.17, 15) is 9.90 Å².